The standard InChI is InChI=1S/C10H10N2O3S/c1-3-14-10(13)8-11-9(15-12-8)7-6(2)4-5-16-7/h4-5H,3H2,1-2H3. The van der Waals surface area contributed by atoms with Crippen molar-refractivity contribution in [1.82, 2.24) is 10.1 Å². The molecule has 0 aliphatic rings. The number of carbonyl (C=O) groups excluding carboxylic acids is 1. The van der Waals surface area contributed by atoms with Crippen LogP contribution in [0.5, 0.6) is 0 Å². The van der Waals surface area contributed by atoms with Gasteiger partial charge in [-0.05, 0) is 36.0 Å². The molecular weight excluding hydrogens is 228 g/mol. The Morgan fingerprint density at radius 3 is 3.06 bits per heavy atom. The van der Waals surface area contributed by atoms with Crippen molar-refractivity contribution in [2.45, 2.75) is 13.8 Å². The van der Waals surface area contributed by atoms with Gasteiger partial charge in [-0.3, -0.25) is 0 Å². The first-order valence-electron chi connectivity index (χ1n) is 4.77. The molecule has 2 heterocycles. The van der Waals surface area contributed by atoms with Gasteiger partial charge in [0.25, 0.3) is 11.7 Å². The van der Waals surface area contributed by atoms with E-state index in [1.807, 2.05) is 18.4 Å². The molecule has 2 rings (SSSR count). The predicted molar refractivity (Wildman–Crippen MR) is 58.3 cm³/mol. The van der Waals surface area contributed by atoms with Crippen molar-refractivity contribution in [2.75, 3.05) is 6.61 Å². The second kappa shape index (κ2) is 4.44. The normalized spacial score (nSPS) is 10.4. The molecule has 0 aliphatic carbocycles. The Morgan fingerprint density at radius 1 is 1.62 bits per heavy atom. The van der Waals surface area contributed by atoms with E-state index in [4.69, 9.17) is 9.26 Å². The minimum atomic E-state index is -0.563. The smallest absolute Gasteiger partial charge is 0.379 e. The summed E-state index contributed by atoms with van der Waals surface area (Å²) in [4.78, 5) is 16.2. The molecule has 5 nitrogen and oxygen atoms in total. The maximum Gasteiger partial charge on any atom is 0.379 e. The molecule has 6 heteroatoms. The lowest BCUT2D eigenvalue weighted by atomic mass is 10.3. The summed E-state index contributed by atoms with van der Waals surface area (Å²) in [6, 6.07) is 1.95. The van der Waals surface area contributed by atoms with E-state index < -0.39 is 5.97 Å². The summed E-state index contributed by atoms with van der Waals surface area (Å²) in [5, 5.41) is 5.51. The number of nitrogens with zero attached hydrogens (tertiary/aromatic N) is 2. The Hall–Kier alpha value is -1.69. The van der Waals surface area contributed by atoms with Gasteiger partial charge < -0.3 is 9.26 Å². The number of rotatable bonds is 3. The van der Waals surface area contributed by atoms with Gasteiger partial charge in [-0.1, -0.05) is 0 Å². The first-order valence-corrected chi connectivity index (χ1v) is 5.65. The molecule has 0 radical (unpaired) electrons. The van der Waals surface area contributed by atoms with Crippen LogP contribution in [0.2, 0.25) is 0 Å². The second-order valence-corrected chi connectivity index (χ2v) is 3.99. The number of hydrogen-bond acceptors (Lipinski definition) is 6. The quantitative estimate of drug-likeness (QED) is 0.767. The summed E-state index contributed by atoms with van der Waals surface area (Å²) in [5.74, 6) is -0.244. The summed E-state index contributed by atoms with van der Waals surface area (Å²) in [5.41, 5.74) is 1.05. The Labute approximate surface area is 96.0 Å². The summed E-state index contributed by atoms with van der Waals surface area (Å²) < 4.78 is 9.77. The van der Waals surface area contributed by atoms with Crippen LogP contribution in [0.3, 0.4) is 0 Å². The van der Waals surface area contributed by atoms with E-state index in [9.17, 15) is 4.79 Å². The van der Waals surface area contributed by atoms with Crippen molar-refractivity contribution in [3.8, 4) is 10.8 Å². The molecule has 0 N–H and O–H groups in total. The number of carbonyl (C=O) groups is 1. The molecule has 0 amide bonds. The van der Waals surface area contributed by atoms with E-state index in [0.717, 1.165) is 10.4 Å². The van der Waals surface area contributed by atoms with Crippen LogP contribution in [0.4, 0.5) is 0 Å². The van der Waals surface area contributed by atoms with Crippen molar-refractivity contribution >= 4 is 17.3 Å². The van der Waals surface area contributed by atoms with E-state index in [-0.39, 0.29) is 5.82 Å². The van der Waals surface area contributed by atoms with Gasteiger partial charge in [-0.25, -0.2) is 4.79 Å². The lowest BCUT2D eigenvalue weighted by molar-refractivity contribution is 0.0508. The van der Waals surface area contributed by atoms with Gasteiger partial charge in [-0.2, -0.15) is 4.98 Å². The molecule has 0 bridgehead atoms. The third kappa shape index (κ3) is 1.96. The average molecular weight is 238 g/mol. The minimum Gasteiger partial charge on any atom is -0.460 e. The van der Waals surface area contributed by atoms with E-state index in [2.05, 4.69) is 10.1 Å². The number of hydrogen-bond donors (Lipinski definition) is 0. The second-order valence-electron chi connectivity index (χ2n) is 3.08. The average Bonchev–Trinajstić information content (AvgIpc) is 2.86. The summed E-state index contributed by atoms with van der Waals surface area (Å²) >= 11 is 1.49. The van der Waals surface area contributed by atoms with E-state index in [0.29, 0.717) is 12.5 Å². The SMILES string of the molecule is CCOC(=O)c1noc(-c2sccc2C)n1. The maximum absolute atomic E-state index is 11.3. The number of aryl methyl sites for hydroxylation is 1. The van der Waals surface area contributed by atoms with Crippen LogP contribution in [-0.2, 0) is 4.74 Å². The van der Waals surface area contributed by atoms with Gasteiger partial charge >= 0.3 is 5.97 Å². The molecule has 0 spiro atoms. The highest BCUT2D eigenvalue weighted by Crippen LogP contribution is 2.27. The van der Waals surface area contributed by atoms with Gasteiger partial charge in [-0.15, -0.1) is 11.3 Å². The van der Waals surface area contributed by atoms with Crippen LogP contribution in [-0.4, -0.2) is 22.7 Å². The van der Waals surface area contributed by atoms with Gasteiger partial charge in [0, 0.05) is 0 Å². The molecule has 0 aliphatic heterocycles. The largest absolute Gasteiger partial charge is 0.460 e. The van der Waals surface area contributed by atoms with Crippen molar-refractivity contribution in [3.63, 3.8) is 0 Å². The van der Waals surface area contributed by atoms with Gasteiger partial charge in [0.15, 0.2) is 0 Å². The van der Waals surface area contributed by atoms with Crippen molar-refractivity contribution in [3.05, 3.63) is 22.8 Å². The molecule has 0 fully saturated rings. The molecule has 84 valence electrons. The monoisotopic (exact) mass is 238 g/mol. The topological polar surface area (TPSA) is 65.2 Å². The highest BCUT2D eigenvalue weighted by molar-refractivity contribution is 7.13. The zero-order valence-corrected chi connectivity index (χ0v) is 9.71. The van der Waals surface area contributed by atoms with Crippen LogP contribution in [0.25, 0.3) is 10.8 Å². The van der Waals surface area contributed by atoms with Gasteiger partial charge in [0.1, 0.15) is 0 Å². The molecule has 0 saturated carbocycles. The summed E-state index contributed by atoms with van der Waals surface area (Å²) in [6.07, 6.45) is 0. The third-order valence-corrected chi connectivity index (χ3v) is 2.94. The van der Waals surface area contributed by atoms with Crippen LogP contribution in [0, 0.1) is 6.92 Å². The van der Waals surface area contributed by atoms with Crippen LogP contribution in [0.1, 0.15) is 23.1 Å². The zero-order valence-electron chi connectivity index (χ0n) is 8.89. The number of aromatic nitrogens is 2. The molecule has 0 atom stereocenters. The van der Waals surface area contributed by atoms with Crippen LogP contribution >= 0.6 is 11.3 Å². The Bertz CT molecular complexity index is 504. The lowest BCUT2D eigenvalue weighted by Gasteiger charge is -1.93. The fourth-order valence-corrected chi connectivity index (χ4v) is 2.03. The first-order chi connectivity index (χ1) is 7.72. The highest BCUT2D eigenvalue weighted by Gasteiger charge is 2.18. The van der Waals surface area contributed by atoms with E-state index in [1.165, 1.54) is 11.3 Å². The summed E-state index contributed by atoms with van der Waals surface area (Å²) in [6.45, 7) is 3.96. The predicted octanol–water partition coefficient (Wildman–Crippen LogP) is 2.28. The zero-order chi connectivity index (χ0) is 11.5. The van der Waals surface area contributed by atoms with E-state index in [1.54, 1.807) is 6.92 Å². The molecule has 0 aromatic carbocycles. The van der Waals surface area contributed by atoms with Crippen molar-refractivity contribution in [1.29, 1.82) is 0 Å². The Balaban J connectivity index is 2.26. The fraction of sp³-hybridized carbons (Fsp3) is 0.300. The Morgan fingerprint density at radius 2 is 2.44 bits per heavy atom. The van der Waals surface area contributed by atoms with Crippen LogP contribution < -0.4 is 0 Å². The lowest BCUT2D eigenvalue weighted by Crippen LogP contribution is -2.06. The molecule has 2 aromatic rings. The maximum atomic E-state index is 11.3. The van der Waals surface area contributed by atoms with Crippen molar-refractivity contribution < 1.29 is 14.1 Å². The number of thiophene rings is 1. The number of esters is 1. The molecule has 2 aromatic heterocycles. The van der Waals surface area contributed by atoms with Gasteiger partial charge in [0.05, 0.1) is 11.5 Å². The van der Waals surface area contributed by atoms with Gasteiger partial charge in [0.2, 0.25) is 0 Å². The fourth-order valence-electron chi connectivity index (χ4n) is 1.19. The Kier molecular flexibility index (Phi) is 3.00. The molecule has 16 heavy (non-hydrogen) atoms. The minimum absolute atomic E-state index is 0.0374. The summed E-state index contributed by atoms with van der Waals surface area (Å²) in [7, 11) is 0. The first kappa shape index (κ1) is 10.8. The molecule has 0 unspecified atom stereocenters. The third-order valence-electron chi connectivity index (χ3n) is 1.94. The van der Waals surface area contributed by atoms with Crippen LogP contribution in [0.15, 0.2) is 16.0 Å². The molecule has 0 saturated heterocycles. The molecular formula is C10H10N2O3S. The highest BCUT2D eigenvalue weighted by atomic mass is 32.1. The number of ether oxygens (including phenoxy) is 1. The van der Waals surface area contributed by atoms with Crippen molar-refractivity contribution in [2.24, 2.45) is 0 Å². The van der Waals surface area contributed by atoms with E-state index >= 15 is 0 Å².